The van der Waals surface area contributed by atoms with E-state index in [0.717, 1.165) is 5.92 Å². The number of fused-ring (bicyclic) bond motifs is 1. The van der Waals surface area contributed by atoms with Crippen LogP contribution in [-0.2, 0) is 16.0 Å². The highest BCUT2D eigenvalue weighted by Crippen LogP contribution is 2.33. The summed E-state index contributed by atoms with van der Waals surface area (Å²) in [5, 5.41) is 16.2. The maximum Gasteiger partial charge on any atom is 0.414 e. The number of nitrogens with zero attached hydrogens (tertiary/aromatic N) is 1. The summed E-state index contributed by atoms with van der Waals surface area (Å²) in [6.07, 6.45) is 3.83. The molecule has 0 aliphatic carbocycles. The van der Waals surface area contributed by atoms with Crippen LogP contribution in [0.1, 0.15) is 18.4 Å². The summed E-state index contributed by atoms with van der Waals surface area (Å²) >= 11 is 0. The quantitative estimate of drug-likeness (QED) is 0.586. The van der Waals surface area contributed by atoms with E-state index in [2.05, 4.69) is 71.5 Å². The first-order chi connectivity index (χ1) is 14.0. The maximum atomic E-state index is 9.10. The van der Waals surface area contributed by atoms with Crippen LogP contribution in [0.4, 0.5) is 0 Å². The van der Waals surface area contributed by atoms with Crippen LogP contribution in [0, 0.1) is 5.92 Å². The Bertz CT molecular complexity index is 969. The molecule has 152 valence electrons. The Morgan fingerprint density at radius 1 is 1.03 bits per heavy atom. The van der Waals surface area contributed by atoms with Crippen molar-refractivity contribution in [1.29, 1.82) is 0 Å². The summed E-state index contributed by atoms with van der Waals surface area (Å²) in [6.45, 7) is 2.46. The Morgan fingerprint density at radius 2 is 1.69 bits per heavy atom. The van der Waals surface area contributed by atoms with Crippen LogP contribution in [0.25, 0.3) is 22.2 Å². The van der Waals surface area contributed by atoms with Crippen LogP contribution in [0.3, 0.4) is 0 Å². The second-order valence-corrected chi connectivity index (χ2v) is 7.48. The van der Waals surface area contributed by atoms with E-state index in [0.29, 0.717) is 0 Å². The number of benzene rings is 2. The Hall–Kier alpha value is -3.12. The second kappa shape index (κ2) is 9.39. The van der Waals surface area contributed by atoms with Gasteiger partial charge in [-0.25, -0.2) is 9.59 Å². The molecule has 1 aromatic heterocycles. The van der Waals surface area contributed by atoms with Gasteiger partial charge in [-0.1, -0.05) is 48.5 Å². The number of aromatic amines is 1. The molecule has 1 unspecified atom stereocenters. The first-order valence-electron chi connectivity index (χ1n) is 9.75. The molecular formula is C23H26N2O4. The summed E-state index contributed by atoms with van der Waals surface area (Å²) in [5.74, 6) is -2.89. The molecule has 1 fully saturated rings. The van der Waals surface area contributed by atoms with Crippen molar-refractivity contribution in [2.45, 2.75) is 19.3 Å². The van der Waals surface area contributed by atoms with E-state index in [-0.39, 0.29) is 0 Å². The highest BCUT2D eigenvalue weighted by atomic mass is 16.4. The zero-order chi connectivity index (χ0) is 20.8. The third-order valence-electron chi connectivity index (χ3n) is 5.27. The Kier molecular flexibility index (Phi) is 6.67. The lowest BCUT2D eigenvalue weighted by atomic mass is 9.89. The van der Waals surface area contributed by atoms with Crippen molar-refractivity contribution in [3.05, 3.63) is 60.2 Å². The molecule has 0 spiro atoms. The van der Waals surface area contributed by atoms with Gasteiger partial charge in [-0.2, -0.15) is 0 Å². The minimum atomic E-state index is -1.82. The molecule has 1 saturated heterocycles. The molecule has 2 aromatic carbocycles. The third-order valence-corrected chi connectivity index (χ3v) is 5.27. The van der Waals surface area contributed by atoms with Gasteiger partial charge in [0, 0.05) is 23.1 Å². The Morgan fingerprint density at radius 3 is 2.34 bits per heavy atom. The highest BCUT2D eigenvalue weighted by Gasteiger charge is 2.21. The summed E-state index contributed by atoms with van der Waals surface area (Å²) in [4.78, 5) is 24.3. The molecule has 4 rings (SSSR count). The van der Waals surface area contributed by atoms with Gasteiger partial charge in [0.1, 0.15) is 0 Å². The lowest BCUT2D eigenvalue weighted by Crippen LogP contribution is -2.33. The summed E-state index contributed by atoms with van der Waals surface area (Å²) in [7, 11) is 2.25. The molecule has 0 amide bonds. The standard InChI is InChI=1S/C21H24N2.C2H2O4/c1-23-13-7-8-16(15-23)14-19-18-11-5-6-12-20(18)22-21(19)17-9-3-2-4-10-17;3-1(4)2(5)6/h2-6,9-12,16,22H,7-8,13-15H2,1H3;(H,3,4)(H,5,6). The van der Waals surface area contributed by atoms with Gasteiger partial charge in [-0.3, -0.25) is 0 Å². The Labute approximate surface area is 169 Å². The van der Waals surface area contributed by atoms with E-state index in [1.807, 2.05) is 0 Å². The fraction of sp³-hybridized carbons (Fsp3) is 0.304. The normalized spacial score (nSPS) is 16.8. The second-order valence-electron chi connectivity index (χ2n) is 7.48. The number of para-hydroxylation sites is 1. The van der Waals surface area contributed by atoms with E-state index in [1.54, 1.807) is 0 Å². The van der Waals surface area contributed by atoms with Crippen molar-refractivity contribution in [3.63, 3.8) is 0 Å². The fourth-order valence-electron chi connectivity index (χ4n) is 3.99. The van der Waals surface area contributed by atoms with Crippen LogP contribution in [0.15, 0.2) is 54.6 Å². The maximum absolute atomic E-state index is 9.10. The highest BCUT2D eigenvalue weighted by molar-refractivity contribution is 6.27. The number of carboxylic acids is 2. The number of aromatic nitrogens is 1. The van der Waals surface area contributed by atoms with Gasteiger partial charge in [0.05, 0.1) is 0 Å². The van der Waals surface area contributed by atoms with Crippen LogP contribution >= 0.6 is 0 Å². The molecule has 0 bridgehead atoms. The number of aliphatic carboxylic acids is 2. The zero-order valence-electron chi connectivity index (χ0n) is 16.5. The van der Waals surface area contributed by atoms with Gasteiger partial charge >= 0.3 is 11.9 Å². The molecular weight excluding hydrogens is 368 g/mol. The first kappa shape index (κ1) is 20.6. The average molecular weight is 394 g/mol. The van der Waals surface area contributed by atoms with Crippen LogP contribution in [0.2, 0.25) is 0 Å². The van der Waals surface area contributed by atoms with Gasteiger partial charge in [-0.05, 0) is 56.0 Å². The van der Waals surface area contributed by atoms with Crippen molar-refractivity contribution < 1.29 is 19.8 Å². The van der Waals surface area contributed by atoms with Gasteiger partial charge in [0.15, 0.2) is 0 Å². The van der Waals surface area contributed by atoms with Crippen molar-refractivity contribution in [2.24, 2.45) is 5.92 Å². The van der Waals surface area contributed by atoms with Crippen LogP contribution < -0.4 is 0 Å². The number of likely N-dealkylation sites (tertiary alicyclic amines) is 1. The molecule has 6 heteroatoms. The van der Waals surface area contributed by atoms with Gasteiger partial charge in [0.25, 0.3) is 0 Å². The molecule has 1 aliphatic rings. The van der Waals surface area contributed by atoms with E-state index >= 15 is 0 Å². The van der Waals surface area contributed by atoms with E-state index in [4.69, 9.17) is 19.8 Å². The zero-order valence-corrected chi connectivity index (χ0v) is 16.5. The summed E-state index contributed by atoms with van der Waals surface area (Å²) in [5.41, 5.74) is 5.35. The monoisotopic (exact) mass is 394 g/mol. The van der Waals surface area contributed by atoms with Crippen molar-refractivity contribution in [1.82, 2.24) is 9.88 Å². The molecule has 3 N–H and O–H groups in total. The topological polar surface area (TPSA) is 93.6 Å². The van der Waals surface area contributed by atoms with Crippen molar-refractivity contribution in [2.75, 3.05) is 20.1 Å². The van der Waals surface area contributed by atoms with Gasteiger partial charge in [0.2, 0.25) is 0 Å². The summed E-state index contributed by atoms with van der Waals surface area (Å²) in [6, 6.07) is 19.5. The predicted molar refractivity (Wildman–Crippen MR) is 113 cm³/mol. The number of rotatable bonds is 3. The number of carbonyl (C=O) groups is 2. The van der Waals surface area contributed by atoms with Gasteiger partial charge < -0.3 is 20.1 Å². The molecule has 2 heterocycles. The predicted octanol–water partition coefficient (Wildman–Crippen LogP) is 3.87. The Balaban J connectivity index is 0.000000353. The fourth-order valence-corrected chi connectivity index (χ4v) is 3.99. The van der Waals surface area contributed by atoms with E-state index < -0.39 is 11.9 Å². The largest absolute Gasteiger partial charge is 0.473 e. The minimum Gasteiger partial charge on any atom is -0.473 e. The van der Waals surface area contributed by atoms with Crippen molar-refractivity contribution in [3.8, 4) is 11.3 Å². The molecule has 29 heavy (non-hydrogen) atoms. The van der Waals surface area contributed by atoms with Crippen LogP contribution in [-0.4, -0.2) is 52.2 Å². The lowest BCUT2D eigenvalue weighted by Gasteiger charge is -2.29. The van der Waals surface area contributed by atoms with Crippen molar-refractivity contribution >= 4 is 22.8 Å². The van der Waals surface area contributed by atoms with E-state index in [9.17, 15) is 0 Å². The lowest BCUT2D eigenvalue weighted by molar-refractivity contribution is -0.159. The number of carboxylic acid groups (broad SMARTS) is 2. The summed E-state index contributed by atoms with van der Waals surface area (Å²) < 4.78 is 0. The number of nitrogens with one attached hydrogen (secondary N) is 1. The molecule has 0 radical (unpaired) electrons. The number of hydrogen-bond donors (Lipinski definition) is 3. The third kappa shape index (κ3) is 5.23. The minimum absolute atomic E-state index is 0.760. The number of H-pyrrole nitrogens is 1. The first-order valence-corrected chi connectivity index (χ1v) is 9.75. The molecule has 0 saturated carbocycles. The SMILES string of the molecule is CN1CCCC(Cc2c(-c3ccccc3)[nH]c3ccccc23)C1.O=C(O)C(=O)O. The van der Waals surface area contributed by atoms with E-state index in [1.165, 1.54) is 60.1 Å². The molecule has 6 nitrogen and oxygen atoms in total. The average Bonchev–Trinajstić information content (AvgIpc) is 3.08. The molecule has 3 aromatic rings. The van der Waals surface area contributed by atoms with Gasteiger partial charge in [-0.15, -0.1) is 0 Å². The van der Waals surface area contributed by atoms with Crippen LogP contribution in [0.5, 0.6) is 0 Å². The molecule has 1 atom stereocenters. The molecule has 1 aliphatic heterocycles. The number of hydrogen-bond acceptors (Lipinski definition) is 3. The number of piperidine rings is 1. The smallest absolute Gasteiger partial charge is 0.414 e.